The number of aliphatic hydroxyl groups is 1. The third-order valence-corrected chi connectivity index (χ3v) is 10.9. The van der Waals surface area contributed by atoms with Crippen LogP contribution in [0.5, 0.6) is 5.88 Å². The summed E-state index contributed by atoms with van der Waals surface area (Å²) in [4.78, 5) is 11.9. The van der Waals surface area contributed by atoms with Crippen LogP contribution in [0.4, 0.5) is 5.69 Å². The zero-order chi connectivity index (χ0) is 27.4. The van der Waals surface area contributed by atoms with Crippen LogP contribution in [0.25, 0.3) is 22.3 Å². The average molecular weight is 569 g/mol. The van der Waals surface area contributed by atoms with Gasteiger partial charge in [-0.05, 0) is 44.4 Å². The van der Waals surface area contributed by atoms with Gasteiger partial charge in [-0.2, -0.15) is 4.31 Å². The number of sulfonamides is 1. The van der Waals surface area contributed by atoms with E-state index in [2.05, 4.69) is 39.0 Å². The SMILES string of the molecule is CC(Oc1nc(-c2ccc(N3CCN(S(=O)(=O)C4COC4)CC3)cc2)cc2ncn(C3CC3)c12)C1CNC(O)C1. The Labute approximate surface area is 234 Å². The van der Waals surface area contributed by atoms with E-state index in [0.29, 0.717) is 64.3 Å². The van der Waals surface area contributed by atoms with Crippen molar-refractivity contribution in [1.29, 1.82) is 0 Å². The van der Waals surface area contributed by atoms with Gasteiger partial charge in [-0.3, -0.25) is 5.32 Å². The fourth-order valence-electron chi connectivity index (χ4n) is 5.90. The number of hydrogen-bond acceptors (Lipinski definition) is 9. The van der Waals surface area contributed by atoms with Crippen molar-refractivity contribution in [2.24, 2.45) is 5.92 Å². The summed E-state index contributed by atoms with van der Waals surface area (Å²) in [6.07, 6.45) is 4.22. The summed E-state index contributed by atoms with van der Waals surface area (Å²) in [7, 11) is -3.27. The van der Waals surface area contributed by atoms with Crippen molar-refractivity contribution >= 4 is 26.7 Å². The quantitative estimate of drug-likeness (QED) is 0.420. The molecule has 2 N–H and O–H groups in total. The van der Waals surface area contributed by atoms with Crippen molar-refractivity contribution in [3.63, 3.8) is 0 Å². The second-order valence-electron chi connectivity index (χ2n) is 11.4. The molecule has 11 nitrogen and oxygen atoms in total. The molecule has 0 spiro atoms. The van der Waals surface area contributed by atoms with Crippen molar-refractivity contribution in [2.75, 3.05) is 50.8 Å². The number of piperazine rings is 1. The monoisotopic (exact) mass is 568 g/mol. The van der Waals surface area contributed by atoms with Crippen LogP contribution in [0.15, 0.2) is 36.7 Å². The third kappa shape index (κ3) is 4.85. The fraction of sp³-hybridized carbons (Fsp3) is 0.571. The van der Waals surface area contributed by atoms with Gasteiger partial charge in [0, 0.05) is 55.9 Å². The van der Waals surface area contributed by atoms with Crippen molar-refractivity contribution in [3.8, 4) is 17.1 Å². The highest BCUT2D eigenvalue weighted by Gasteiger charge is 2.38. The molecular weight excluding hydrogens is 532 g/mol. The number of benzene rings is 1. The Bertz CT molecular complexity index is 1480. The second-order valence-corrected chi connectivity index (χ2v) is 13.7. The summed E-state index contributed by atoms with van der Waals surface area (Å²) < 4.78 is 40.8. The van der Waals surface area contributed by atoms with Crippen molar-refractivity contribution in [3.05, 3.63) is 36.7 Å². The van der Waals surface area contributed by atoms with Gasteiger partial charge in [0.2, 0.25) is 15.9 Å². The molecule has 1 saturated carbocycles. The molecule has 3 aromatic rings. The molecule has 0 radical (unpaired) electrons. The topological polar surface area (TPSA) is 122 Å². The van der Waals surface area contributed by atoms with Gasteiger partial charge in [-0.1, -0.05) is 12.1 Å². The van der Waals surface area contributed by atoms with Crippen LogP contribution < -0.4 is 15.0 Å². The van der Waals surface area contributed by atoms with Crippen LogP contribution in [-0.2, 0) is 14.8 Å². The molecule has 1 aliphatic carbocycles. The van der Waals surface area contributed by atoms with Gasteiger partial charge in [0.15, 0.2) is 0 Å². The summed E-state index contributed by atoms with van der Waals surface area (Å²) in [6.45, 7) is 5.62. The number of anilines is 1. The Morgan fingerprint density at radius 1 is 1.12 bits per heavy atom. The van der Waals surface area contributed by atoms with E-state index in [-0.39, 0.29) is 12.0 Å². The van der Waals surface area contributed by atoms with E-state index in [1.165, 1.54) is 0 Å². The van der Waals surface area contributed by atoms with Gasteiger partial charge in [-0.25, -0.2) is 18.4 Å². The first-order valence-corrected chi connectivity index (χ1v) is 15.7. The minimum absolute atomic E-state index is 0.111. The van der Waals surface area contributed by atoms with E-state index < -0.39 is 21.5 Å². The third-order valence-electron chi connectivity index (χ3n) is 8.72. The van der Waals surface area contributed by atoms with E-state index in [4.69, 9.17) is 19.4 Å². The zero-order valence-electron chi connectivity index (χ0n) is 22.6. The molecule has 5 heterocycles. The Balaban J connectivity index is 1.10. The largest absolute Gasteiger partial charge is 0.473 e. The average Bonchev–Trinajstić information content (AvgIpc) is 3.52. The lowest BCUT2D eigenvalue weighted by atomic mass is 10.0. The van der Waals surface area contributed by atoms with Crippen LogP contribution in [0.3, 0.4) is 0 Å². The number of pyridine rings is 1. The molecule has 4 fully saturated rings. The fourth-order valence-corrected chi connectivity index (χ4v) is 7.53. The number of aromatic nitrogens is 3. The van der Waals surface area contributed by atoms with Crippen molar-refractivity contribution in [2.45, 2.75) is 49.8 Å². The van der Waals surface area contributed by atoms with E-state index >= 15 is 0 Å². The van der Waals surface area contributed by atoms with E-state index in [9.17, 15) is 13.5 Å². The van der Waals surface area contributed by atoms with Crippen LogP contribution in [0.2, 0.25) is 0 Å². The number of hydrogen-bond donors (Lipinski definition) is 2. The molecule has 214 valence electrons. The maximum absolute atomic E-state index is 12.7. The lowest BCUT2D eigenvalue weighted by Gasteiger charge is -2.38. The highest BCUT2D eigenvalue weighted by molar-refractivity contribution is 7.89. The normalized spacial score (nSPS) is 25.3. The summed E-state index contributed by atoms with van der Waals surface area (Å²) in [5, 5.41) is 12.6. The Hall–Kier alpha value is -2.77. The Morgan fingerprint density at radius 2 is 1.88 bits per heavy atom. The summed E-state index contributed by atoms with van der Waals surface area (Å²) in [5.74, 6) is 0.786. The van der Waals surface area contributed by atoms with Crippen LogP contribution >= 0.6 is 0 Å². The van der Waals surface area contributed by atoms with Gasteiger partial charge in [0.05, 0.1) is 30.8 Å². The summed E-state index contributed by atoms with van der Waals surface area (Å²) in [6, 6.07) is 10.7. The highest BCUT2D eigenvalue weighted by atomic mass is 32.2. The van der Waals surface area contributed by atoms with Gasteiger partial charge in [-0.15, -0.1) is 0 Å². The maximum atomic E-state index is 12.7. The first kappa shape index (κ1) is 26.1. The Morgan fingerprint density at radius 3 is 2.50 bits per heavy atom. The molecule has 12 heteroatoms. The van der Waals surface area contributed by atoms with Gasteiger partial charge >= 0.3 is 0 Å². The molecule has 3 atom stereocenters. The van der Waals surface area contributed by atoms with Crippen LogP contribution in [-0.4, -0.2) is 95.9 Å². The molecule has 3 saturated heterocycles. The highest BCUT2D eigenvalue weighted by Crippen LogP contribution is 2.40. The van der Waals surface area contributed by atoms with E-state index in [1.807, 2.05) is 19.3 Å². The van der Waals surface area contributed by atoms with Crippen LogP contribution in [0, 0.1) is 5.92 Å². The molecule has 2 aromatic heterocycles. The molecule has 3 unspecified atom stereocenters. The minimum atomic E-state index is -3.27. The number of nitrogens with one attached hydrogen (secondary N) is 1. The van der Waals surface area contributed by atoms with E-state index in [1.54, 1.807) is 4.31 Å². The number of ether oxygens (including phenoxy) is 2. The van der Waals surface area contributed by atoms with Gasteiger partial charge < -0.3 is 24.0 Å². The first-order chi connectivity index (χ1) is 19.4. The van der Waals surface area contributed by atoms with Crippen molar-refractivity contribution in [1.82, 2.24) is 24.2 Å². The lowest BCUT2D eigenvalue weighted by Crippen LogP contribution is -2.55. The zero-order valence-corrected chi connectivity index (χ0v) is 23.5. The summed E-state index contributed by atoms with van der Waals surface area (Å²) in [5.41, 5.74) is 4.62. The molecular formula is C28H36N6O5S. The smallest absolute Gasteiger partial charge is 0.241 e. The molecule has 40 heavy (non-hydrogen) atoms. The molecule has 1 aromatic carbocycles. The predicted octanol–water partition coefficient (Wildman–Crippen LogP) is 1.98. The Kier molecular flexibility index (Phi) is 6.70. The molecule has 0 bridgehead atoms. The van der Waals surface area contributed by atoms with Gasteiger partial charge in [0.25, 0.3) is 0 Å². The number of aliphatic hydroxyl groups excluding tert-OH is 1. The molecule has 4 aliphatic rings. The van der Waals surface area contributed by atoms with Crippen molar-refractivity contribution < 1.29 is 23.0 Å². The maximum Gasteiger partial charge on any atom is 0.241 e. The number of imidazole rings is 1. The van der Waals surface area contributed by atoms with Gasteiger partial charge in [0.1, 0.15) is 23.1 Å². The molecule has 0 amide bonds. The minimum Gasteiger partial charge on any atom is -0.473 e. The van der Waals surface area contributed by atoms with E-state index in [0.717, 1.165) is 40.8 Å². The van der Waals surface area contributed by atoms with Crippen LogP contribution in [0.1, 0.15) is 32.2 Å². The lowest BCUT2D eigenvalue weighted by molar-refractivity contribution is 0.0391. The predicted molar refractivity (Wildman–Crippen MR) is 151 cm³/mol. The summed E-state index contributed by atoms with van der Waals surface area (Å²) >= 11 is 0. The molecule has 7 rings (SSSR count). The first-order valence-electron chi connectivity index (χ1n) is 14.2. The second kappa shape index (κ2) is 10.3. The number of rotatable bonds is 8. The molecule has 3 aliphatic heterocycles. The number of nitrogens with zero attached hydrogens (tertiary/aromatic N) is 5. The number of fused-ring (bicyclic) bond motifs is 1. The standard InChI is InChI=1S/C28H36N6O5S/c1-18(20-12-26(35)29-14-20)39-28-27-25(30-17-34(27)22-6-7-22)13-24(31-28)19-2-4-21(5-3-19)32-8-10-33(11-9-32)40(36,37)23-15-38-16-23/h2-5,13,17-18,20,22-23,26,29,35H,6-12,14-16H2,1H3.